The van der Waals surface area contributed by atoms with E-state index in [9.17, 15) is 0 Å². The van der Waals surface area contributed by atoms with Crippen LogP contribution in [-0.4, -0.2) is 15.8 Å². The fourth-order valence-electron chi connectivity index (χ4n) is 2.24. The van der Waals surface area contributed by atoms with Crippen LogP contribution in [0.2, 0.25) is 0 Å². The molecule has 4 heteroatoms. The molecule has 2 heterocycles. The van der Waals surface area contributed by atoms with E-state index in [1.165, 1.54) is 29.7 Å². The Labute approximate surface area is 113 Å². The van der Waals surface area contributed by atoms with Crippen molar-refractivity contribution in [3.05, 3.63) is 40.6 Å². The standard InChI is InChI=1S/C15H21N3O/c1-10-11(2)17-18(12(10)3)8-15-6-13(9-19-15)7-16-14-4-5-14/h6,9,14,16H,4-5,7-8H2,1-3H3. The number of furan rings is 1. The topological polar surface area (TPSA) is 43.0 Å². The lowest BCUT2D eigenvalue weighted by Crippen LogP contribution is -2.14. The first-order valence-corrected chi connectivity index (χ1v) is 6.94. The van der Waals surface area contributed by atoms with Crippen LogP contribution in [0.4, 0.5) is 0 Å². The van der Waals surface area contributed by atoms with Gasteiger partial charge in [-0.15, -0.1) is 0 Å². The normalized spacial score (nSPS) is 15.1. The first-order valence-electron chi connectivity index (χ1n) is 6.94. The average Bonchev–Trinajstić information content (AvgIpc) is 3.08. The first kappa shape index (κ1) is 12.5. The summed E-state index contributed by atoms with van der Waals surface area (Å²) in [5, 5.41) is 8.03. The molecule has 3 rings (SSSR count). The molecule has 2 aromatic heterocycles. The van der Waals surface area contributed by atoms with Crippen molar-refractivity contribution in [3.63, 3.8) is 0 Å². The van der Waals surface area contributed by atoms with Crippen LogP contribution in [0.5, 0.6) is 0 Å². The fourth-order valence-corrected chi connectivity index (χ4v) is 2.24. The van der Waals surface area contributed by atoms with E-state index in [4.69, 9.17) is 4.42 Å². The Morgan fingerprint density at radius 2 is 2.16 bits per heavy atom. The summed E-state index contributed by atoms with van der Waals surface area (Å²) in [5.74, 6) is 0.971. The second-order valence-corrected chi connectivity index (χ2v) is 5.53. The van der Waals surface area contributed by atoms with E-state index in [0.29, 0.717) is 6.54 Å². The van der Waals surface area contributed by atoms with Gasteiger partial charge < -0.3 is 9.73 Å². The number of nitrogens with one attached hydrogen (secondary N) is 1. The van der Waals surface area contributed by atoms with Crippen molar-refractivity contribution in [2.75, 3.05) is 0 Å². The van der Waals surface area contributed by atoms with E-state index in [-0.39, 0.29) is 0 Å². The maximum Gasteiger partial charge on any atom is 0.125 e. The van der Waals surface area contributed by atoms with Gasteiger partial charge in [-0.05, 0) is 45.2 Å². The minimum Gasteiger partial charge on any atom is -0.467 e. The summed E-state index contributed by atoms with van der Waals surface area (Å²) in [5.41, 5.74) is 4.80. The Hall–Kier alpha value is -1.55. The Morgan fingerprint density at radius 1 is 1.37 bits per heavy atom. The summed E-state index contributed by atoms with van der Waals surface area (Å²) in [6.45, 7) is 7.88. The molecule has 102 valence electrons. The van der Waals surface area contributed by atoms with E-state index >= 15 is 0 Å². The second-order valence-electron chi connectivity index (χ2n) is 5.53. The monoisotopic (exact) mass is 259 g/mol. The zero-order valence-electron chi connectivity index (χ0n) is 11.9. The van der Waals surface area contributed by atoms with Crippen molar-refractivity contribution in [2.45, 2.75) is 52.7 Å². The molecule has 0 unspecified atom stereocenters. The Morgan fingerprint density at radius 3 is 2.79 bits per heavy atom. The highest BCUT2D eigenvalue weighted by Gasteiger charge is 2.20. The molecule has 1 saturated carbocycles. The number of aryl methyl sites for hydroxylation is 1. The van der Waals surface area contributed by atoms with Crippen LogP contribution in [0.3, 0.4) is 0 Å². The largest absolute Gasteiger partial charge is 0.467 e. The summed E-state index contributed by atoms with van der Waals surface area (Å²) < 4.78 is 7.64. The maximum absolute atomic E-state index is 5.62. The van der Waals surface area contributed by atoms with Crippen LogP contribution < -0.4 is 5.32 Å². The van der Waals surface area contributed by atoms with Crippen molar-refractivity contribution in [2.24, 2.45) is 0 Å². The van der Waals surface area contributed by atoms with Crippen LogP contribution in [-0.2, 0) is 13.1 Å². The quantitative estimate of drug-likeness (QED) is 0.897. The smallest absolute Gasteiger partial charge is 0.125 e. The molecule has 1 N–H and O–H groups in total. The predicted molar refractivity (Wildman–Crippen MR) is 74.1 cm³/mol. The van der Waals surface area contributed by atoms with Crippen LogP contribution in [0.25, 0.3) is 0 Å². The molecule has 0 aliphatic heterocycles. The number of hydrogen-bond donors (Lipinski definition) is 1. The van der Waals surface area contributed by atoms with Crippen molar-refractivity contribution in [3.8, 4) is 0 Å². The number of aromatic nitrogens is 2. The third-order valence-corrected chi connectivity index (χ3v) is 3.93. The number of nitrogens with zero attached hydrogens (tertiary/aromatic N) is 2. The lowest BCUT2D eigenvalue weighted by molar-refractivity contribution is 0.474. The minimum absolute atomic E-state index is 0.712. The Balaban J connectivity index is 1.66. The number of rotatable bonds is 5. The molecule has 0 amide bonds. The summed E-state index contributed by atoms with van der Waals surface area (Å²) in [4.78, 5) is 0. The predicted octanol–water partition coefficient (Wildman–Crippen LogP) is 2.70. The van der Waals surface area contributed by atoms with Crippen LogP contribution in [0.15, 0.2) is 16.7 Å². The van der Waals surface area contributed by atoms with Crippen molar-refractivity contribution >= 4 is 0 Å². The molecular weight excluding hydrogens is 238 g/mol. The van der Waals surface area contributed by atoms with Gasteiger partial charge in [0.05, 0.1) is 18.5 Å². The highest BCUT2D eigenvalue weighted by atomic mass is 16.3. The third kappa shape index (κ3) is 2.73. The van der Waals surface area contributed by atoms with Gasteiger partial charge in [0, 0.05) is 23.8 Å². The molecule has 0 saturated heterocycles. The van der Waals surface area contributed by atoms with Gasteiger partial charge >= 0.3 is 0 Å². The van der Waals surface area contributed by atoms with E-state index < -0.39 is 0 Å². The number of hydrogen-bond acceptors (Lipinski definition) is 3. The lowest BCUT2D eigenvalue weighted by atomic mass is 10.2. The van der Waals surface area contributed by atoms with Crippen LogP contribution in [0.1, 0.15) is 41.1 Å². The molecule has 0 atom stereocenters. The SMILES string of the molecule is Cc1nn(Cc2cc(CNC3CC3)co2)c(C)c1C. The van der Waals surface area contributed by atoms with Crippen LogP contribution in [0, 0.1) is 20.8 Å². The summed E-state index contributed by atoms with van der Waals surface area (Å²) in [6, 6.07) is 2.86. The van der Waals surface area contributed by atoms with Gasteiger partial charge in [-0.1, -0.05) is 0 Å². The average molecular weight is 259 g/mol. The van der Waals surface area contributed by atoms with Crippen molar-refractivity contribution < 1.29 is 4.42 Å². The highest BCUT2D eigenvalue weighted by Crippen LogP contribution is 2.20. The summed E-state index contributed by atoms with van der Waals surface area (Å²) in [7, 11) is 0. The molecule has 0 bridgehead atoms. The summed E-state index contributed by atoms with van der Waals surface area (Å²) >= 11 is 0. The lowest BCUT2D eigenvalue weighted by Gasteiger charge is -2.01. The van der Waals surface area contributed by atoms with Crippen molar-refractivity contribution in [1.82, 2.24) is 15.1 Å². The van der Waals surface area contributed by atoms with Gasteiger partial charge in [0.25, 0.3) is 0 Å². The van der Waals surface area contributed by atoms with E-state index in [0.717, 1.165) is 24.0 Å². The summed E-state index contributed by atoms with van der Waals surface area (Å²) in [6.07, 6.45) is 4.48. The fraction of sp³-hybridized carbons (Fsp3) is 0.533. The van der Waals surface area contributed by atoms with Crippen LogP contribution >= 0.6 is 0 Å². The minimum atomic E-state index is 0.712. The molecule has 1 fully saturated rings. The van der Waals surface area contributed by atoms with E-state index in [1.54, 1.807) is 0 Å². The highest BCUT2D eigenvalue weighted by molar-refractivity contribution is 5.23. The van der Waals surface area contributed by atoms with Gasteiger partial charge in [-0.2, -0.15) is 5.10 Å². The van der Waals surface area contributed by atoms with Gasteiger partial charge in [0.1, 0.15) is 5.76 Å². The maximum atomic E-state index is 5.62. The van der Waals surface area contributed by atoms with E-state index in [2.05, 4.69) is 30.3 Å². The van der Waals surface area contributed by atoms with Gasteiger partial charge in [-0.3, -0.25) is 4.68 Å². The first-order chi connectivity index (χ1) is 9.13. The van der Waals surface area contributed by atoms with E-state index in [1.807, 2.05) is 17.9 Å². The zero-order valence-corrected chi connectivity index (χ0v) is 11.9. The third-order valence-electron chi connectivity index (χ3n) is 3.93. The molecule has 2 aromatic rings. The molecule has 0 aromatic carbocycles. The van der Waals surface area contributed by atoms with Gasteiger partial charge in [0.15, 0.2) is 0 Å². The Kier molecular flexibility index (Phi) is 3.19. The molecule has 1 aliphatic carbocycles. The molecule has 1 aliphatic rings. The van der Waals surface area contributed by atoms with Crippen molar-refractivity contribution in [1.29, 1.82) is 0 Å². The molecule has 0 radical (unpaired) electrons. The molecule has 4 nitrogen and oxygen atoms in total. The zero-order chi connectivity index (χ0) is 13.4. The van der Waals surface area contributed by atoms with Gasteiger partial charge in [0.2, 0.25) is 0 Å². The molecule has 19 heavy (non-hydrogen) atoms. The molecule has 0 spiro atoms. The second kappa shape index (κ2) is 4.85. The Bertz CT molecular complexity index is 578. The molecular formula is C15H21N3O. The van der Waals surface area contributed by atoms with Gasteiger partial charge in [-0.25, -0.2) is 0 Å².